The van der Waals surface area contributed by atoms with Gasteiger partial charge in [-0.05, 0) is 85.2 Å². The molecule has 0 heterocycles. The molecule has 0 amide bonds. The van der Waals surface area contributed by atoms with Crippen LogP contribution in [0.15, 0.2) is 48.5 Å². The van der Waals surface area contributed by atoms with Crippen molar-refractivity contribution >= 4 is 17.5 Å². The molecule has 0 saturated carbocycles. The molecule has 2 aromatic carbocycles. The first-order valence-electron chi connectivity index (χ1n) is 10.7. The Morgan fingerprint density at radius 3 is 2.29 bits per heavy atom. The summed E-state index contributed by atoms with van der Waals surface area (Å²) in [4.78, 5) is 23.7. The summed E-state index contributed by atoms with van der Waals surface area (Å²) >= 11 is 0. The van der Waals surface area contributed by atoms with E-state index in [-0.39, 0.29) is 17.4 Å². The quantitative estimate of drug-likeness (QED) is 0.387. The number of hydrogen-bond acceptors (Lipinski definition) is 4. The van der Waals surface area contributed by atoms with E-state index in [1.54, 1.807) is 25.1 Å². The second-order valence-corrected chi connectivity index (χ2v) is 8.11. The van der Waals surface area contributed by atoms with E-state index in [2.05, 4.69) is 37.8 Å². The normalized spacial score (nSPS) is 15.4. The summed E-state index contributed by atoms with van der Waals surface area (Å²) in [6.45, 7) is 8.76. The number of rotatable bonds is 4. The van der Waals surface area contributed by atoms with Gasteiger partial charge in [0.05, 0.1) is 18.8 Å². The lowest BCUT2D eigenvalue weighted by molar-refractivity contribution is -0.137. The number of benzene rings is 2. The lowest BCUT2D eigenvalue weighted by atomic mass is 9.70. The Morgan fingerprint density at radius 2 is 1.61 bits per heavy atom. The van der Waals surface area contributed by atoms with Gasteiger partial charge < -0.3 is 9.47 Å². The first-order chi connectivity index (χ1) is 14.8. The van der Waals surface area contributed by atoms with Crippen molar-refractivity contribution in [2.75, 3.05) is 13.2 Å². The summed E-state index contributed by atoms with van der Waals surface area (Å²) in [5.74, 6) is 5.76. The summed E-state index contributed by atoms with van der Waals surface area (Å²) in [6, 6.07) is 13.3. The van der Waals surface area contributed by atoms with E-state index in [4.69, 9.17) is 9.47 Å². The molecule has 4 heteroatoms. The zero-order valence-electron chi connectivity index (χ0n) is 18.6. The summed E-state index contributed by atoms with van der Waals surface area (Å²) in [5.41, 5.74) is 5.56. The third-order valence-corrected chi connectivity index (χ3v) is 5.44. The van der Waals surface area contributed by atoms with Gasteiger partial charge in [-0.1, -0.05) is 31.8 Å². The molecule has 0 N–H and O–H groups in total. The zero-order chi connectivity index (χ0) is 22.4. The molecule has 0 atom stereocenters. The van der Waals surface area contributed by atoms with Crippen molar-refractivity contribution in [3.8, 4) is 11.8 Å². The van der Waals surface area contributed by atoms with E-state index >= 15 is 0 Å². The molecule has 0 bridgehead atoms. The number of allylic oxidation sites excluding steroid dienone is 1. The van der Waals surface area contributed by atoms with E-state index in [0.29, 0.717) is 18.8 Å². The number of ether oxygens (including phenoxy) is 2. The fourth-order valence-electron chi connectivity index (χ4n) is 3.70. The molecule has 0 fully saturated rings. The Bertz CT molecular complexity index is 1060. The first-order valence-corrected chi connectivity index (χ1v) is 10.7. The largest absolute Gasteiger partial charge is 0.463 e. The second-order valence-electron chi connectivity index (χ2n) is 8.11. The fourth-order valence-corrected chi connectivity index (χ4v) is 3.70. The highest BCUT2D eigenvalue weighted by Gasteiger charge is 2.30. The van der Waals surface area contributed by atoms with Gasteiger partial charge in [-0.3, -0.25) is 0 Å². The van der Waals surface area contributed by atoms with E-state index in [1.807, 2.05) is 25.1 Å². The standard InChI is InChI=1S/C27H28O4/c1-5-30-25(28)18-22-15-16-27(3,4)24-17-20(11-14-23(22)24)8-7-19-9-12-21(13-10-19)26(29)31-6-2/h9-14,17-18H,5-6,15-16H2,1-4H3/b22-18-. The molecule has 0 saturated heterocycles. The number of carbonyl (C=O) groups excluding carboxylic acids is 2. The molecule has 0 radical (unpaired) electrons. The Kier molecular flexibility index (Phi) is 6.97. The van der Waals surface area contributed by atoms with Crippen LogP contribution in [0.2, 0.25) is 0 Å². The molecule has 0 spiro atoms. The van der Waals surface area contributed by atoms with Crippen LogP contribution in [0.1, 0.15) is 73.1 Å². The molecule has 31 heavy (non-hydrogen) atoms. The van der Waals surface area contributed by atoms with E-state index < -0.39 is 0 Å². The zero-order valence-corrected chi connectivity index (χ0v) is 18.6. The van der Waals surface area contributed by atoms with Gasteiger partial charge in [0.25, 0.3) is 0 Å². The maximum Gasteiger partial charge on any atom is 0.338 e. The number of hydrogen-bond donors (Lipinski definition) is 0. The van der Waals surface area contributed by atoms with Crippen LogP contribution in [0.25, 0.3) is 5.57 Å². The summed E-state index contributed by atoms with van der Waals surface area (Å²) in [6.07, 6.45) is 3.42. The minimum Gasteiger partial charge on any atom is -0.463 e. The van der Waals surface area contributed by atoms with E-state index in [0.717, 1.165) is 35.1 Å². The summed E-state index contributed by atoms with van der Waals surface area (Å²) < 4.78 is 10.1. The van der Waals surface area contributed by atoms with Crippen LogP contribution >= 0.6 is 0 Å². The molecular formula is C27H28O4. The van der Waals surface area contributed by atoms with Gasteiger partial charge in [0.1, 0.15) is 0 Å². The highest BCUT2D eigenvalue weighted by atomic mass is 16.5. The van der Waals surface area contributed by atoms with Crippen LogP contribution in [0, 0.1) is 11.8 Å². The Labute approximate surface area is 184 Å². The Hall–Kier alpha value is -3.32. The minimum atomic E-state index is -0.328. The predicted octanol–water partition coefficient (Wildman–Crippen LogP) is 5.28. The lowest BCUT2D eigenvalue weighted by Crippen LogP contribution is -2.23. The lowest BCUT2D eigenvalue weighted by Gasteiger charge is -2.34. The predicted molar refractivity (Wildman–Crippen MR) is 122 cm³/mol. The Balaban J connectivity index is 1.87. The summed E-state index contributed by atoms with van der Waals surface area (Å²) in [5, 5.41) is 0. The minimum absolute atomic E-state index is 0.000309. The third kappa shape index (κ3) is 5.44. The van der Waals surface area contributed by atoms with Gasteiger partial charge in [0.15, 0.2) is 0 Å². The topological polar surface area (TPSA) is 52.6 Å². The fraction of sp³-hybridized carbons (Fsp3) is 0.333. The van der Waals surface area contributed by atoms with Gasteiger partial charge in [0.2, 0.25) is 0 Å². The molecule has 0 unspecified atom stereocenters. The SMILES string of the molecule is CCOC(=O)/C=C1/CCC(C)(C)c2cc(C#Cc3ccc(C(=O)OCC)cc3)ccc21. The average Bonchev–Trinajstić information content (AvgIpc) is 2.75. The van der Waals surface area contributed by atoms with Crippen molar-refractivity contribution in [2.24, 2.45) is 0 Å². The maximum absolute atomic E-state index is 12.0. The Morgan fingerprint density at radius 1 is 0.968 bits per heavy atom. The number of fused-ring (bicyclic) bond motifs is 1. The van der Waals surface area contributed by atoms with Crippen molar-refractivity contribution in [1.82, 2.24) is 0 Å². The molecule has 1 aliphatic carbocycles. The van der Waals surface area contributed by atoms with Crippen LogP contribution in [-0.2, 0) is 19.7 Å². The van der Waals surface area contributed by atoms with Crippen molar-refractivity contribution in [3.63, 3.8) is 0 Å². The van der Waals surface area contributed by atoms with Gasteiger partial charge in [0, 0.05) is 17.2 Å². The monoisotopic (exact) mass is 416 g/mol. The van der Waals surface area contributed by atoms with Crippen molar-refractivity contribution in [2.45, 2.75) is 46.0 Å². The number of esters is 2. The molecule has 1 aliphatic rings. The van der Waals surface area contributed by atoms with Crippen molar-refractivity contribution in [3.05, 3.63) is 76.4 Å². The van der Waals surface area contributed by atoms with Crippen molar-refractivity contribution < 1.29 is 19.1 Å². The maximum atomic E-state index is 12.0. The number of carbonyl (C=O) groups is 2. The highest BCUT2D eigenvalue weighted by molar-refractivity contribution is 5.92. The van der Waals surface area contributed by atoms with Gasteiger partial charge >= 0.3 is 11.9 Å². The average molecular weight is 417 g/mol. The van der Waals surface area contributed by atoms with E-state index in [1.165, 1.54) is 5.56 Å². The van der Waals surface area contributed by atoms with Gasteiger partial charge in [-0.2, -0.15) is 0 Å². The first kappa shape index (κ1) is 22.4. The van der Waals surface area contributed by atoms with Crippen LogP contribution in [0.5, 0.6) is 0 Å². The molecule has 3 rings (SSSR count). The van der Waals surface area contributed by atoms with Gasteiger partial charge in [-0.25, -0.2) is 9.59 Å². The molecule has 4 nitrogen and oxygen atoms in total. The van der Waals surface area contributed by atoms with Crippen LogP contribution in [0.3, 0.4) is 0 Å². The smallest absolute Gasteiger partial charge is 0.338 e. The molecule has 2 aromatic rings. The third-order valence-electron chi connectivity index (χ3n) is 5.44. The summed E-state index contributed by atoms with van der Waals surface area (Å²) in [7, 11) is 0. The molecule has 0 aromatic heterocycles. The van der Waals surface area contributed by atoms with Crippen LogP contribution < -0.4 is 0 Å². The molecule has 0 aliphatic heterocycles. The molecule has 160 valence electrons. The van der Waals surface area contributed by atoms with Crippen LogP contribution in [-0.4, -0.2) is 25.2 Å². The highest BCUT2D eigenvalue weighted by Crippen LogP contribution is 2.42. The van der Waals surface area contributed by atoms with Crippen LogP contribution in [0.4, 0.5) is 0 Å². The second kappa shape index (κ2) is 9.66. The van der Waals surface area contributed by atoms with E-state index in [9.17, 15) is 9.59 Å². The van der Waals surface area contributed by atoms with Crippen molar-refractivity contribution in [1.29, 1.82) is 0 Å². The molecular weight excluding hydrogens is 388 g/mol. The van der Waals surface area contributed by atoms with Gasteiger partial charge in [-0.15, -0.1) is 0 Å².